The third-order valence-electron chi connectivity index (χ3n) is 1.26. The first-order valence-corrected chi connectivity index (χ1v) is 3.79. The maximum Gasteiger partial charge on any atom is 0.231 e. The molecule has 0 spiro atoms. The first kappa shape index (κ1) is 9.16. The van der Waals surface area contributed by atoms with Gasteiger partial charge in [-0.15, -0.1) is 0 Å². The fourth-order valence-corrected chi connectivity index (χ4v) is 0.906. The molecule has 0 aliphatic carbocycles. The Bertz CT molecular complexity index is 299. The highest BCUT2D eigenvalue weighted by molar-refractivity contribution is 6.30. The number of nitrogens with zero attached hydrogens (tertiary/aromatic N) is 1. The summed E-state index contributed by atoms with van der Waals surface area (Å²) in [6.07, 6.45) is 4.87. The summed E-state index contributed by atoms with van der Waals surface area (Å²) in [6.45, 7) is 0.439. The number of hydrogen-bond donors (Lipinski definition) is 1. The van der Waals surface area contributed by atoms with E-state index in [1.54, 1.807) is 12.2 Å². The van der Waals surface area contributed by atoms with E-state index in [-0.39, 0.29) is 5.02 Å². The molecule has 0 saturated heterocycles. The van der Waals surface area contributed by atoms with Crippen molar-refractivity contribution < 1.29 is 4.39 Å². The normalized spacial score (nSPS) is 10.9. The van der Waals surface area contributed by atoms with Gasteiger partial charge in [-0.3, -0.25) is 0 Å². The molecule has 0 amide bonds. The van der Waals surface area contributed by atoms with E-state index >= 15 is 0 Å². The number of pyridine rings is 1. The highest BCUT2D eigenvalue weighted by atomic mass is 35.5. The summed E-state index contributed by atoms with van der Waals surface area (Å²) in [5.74, 6) is -0.651. The Labute approximate surface area is 74.9 Å². The van der Waals surface area contributed by atoms with Crippen LogP contribution in [0.3, 0.4) is 0 Å². The van der Waals surface area contributed by atoms with Crippen LogP contribution in [-0.4, -0.2) is 11.5 Å². The average molecular weight is 187 g/mol. The van der Waals surface area contributed by atoms with Crippen molar-refractivity contribution in [2.75, 3.05) is 6.54 Å². The van der Waals surface area contributed by atoms with E-state index < -0.39 is 5.95 Å². The summed E-state index contributed by atoms with van der Waals surface area (Å²) >= 11 is 5.49. The van der Waals surface area contributed by atoms with Crippen LogP contribution in [0.15, 0.2) is 18.3 Å². The summed E-state index contributed by atoms with van der Waals surface area (Å²) in [5, 5.41) is 0.0224. The molecule has 0 fully saturated rings. The minimum atomic E-state index is -0.651. The van der Waals surface area contributed by atoms with Gasteiger partial charge >= 0.3 is 0 Å². The second kappa shape index (κ2) is 4.18. The predicted molar refractivity (Wildman–Crippen MR) is 47.3 cm³/mol. The zero-order valence-corrected chi connectivity index (χ0v) is 7.05. The molecule has 1 aromatic heterocycles. The standard InChI is InChI=1S/C8H8ClFN2/c9-7-4-6(2-1-3-11)5-12-8(7)10/h1-2,4-5H,3,11H2. The maximum absolute atomic E-state index is 12.5. The summed E-state index contributed by atoms with van der Waals surface area (Å²) in [6, 6.07) is 1.50. The minimum absolute atomic E-state index is 0.0224. The van der Waals surface area contributed by atoms with E-state index in [0.29, 0.717) is 6.54 Å². The van der Waals surface area contributed by atoms with Crippen molar-refractivity contribution in [3.63, 3.8) is 0 Å². The molecule has 0 aliphatic rings. The van der Waals surface area contributed by atoms with Gasteiger partial charge in [-0.05, 0) is 11.6 Å². The third kappa shape index (κ3) is 2.29. The molecule has 0 aromatic carbocycles. The summed E-state index contributed by atoms with van der Waals surface area (Å²) in [5.41, 5.74) is 5.97. The van der Waals surface area contributed by atoms with Gasteiger partial charge in [-0.25, -0.2) is 4.98 Å². The Kier molecular flexibility index (Phi) is 3.19. The largest absolute Gasteiger partial charge is 0.327 e. The monoisotopic (exact) mass is 186 g/mol. The second-order valence-corrected chi connectivity index (χ2v) is 2.59. The fourth-order valence-electron chi connectivity index (χ4n) is 0.731. The van der Waals surface area contributed by atoms with Crippen LogP contribution in [0.1, 0.15) is 5.56 Å². The quantitative estimate of drug-likeness (QED) is 0.716. The number of rotatable bonds is 2. The number of nitrogens with two attached hydrogens (primary N) is 1. The van der Waals surface area contributed by atoms with Crippen molar-refractivity contribution in [3.05, 3.63) is 34.9 Å². The number of hydrogen-bond acceptors (Lipinski definition) is 2. The van der Waals surface area contributed by atoms with Crippen LogP contribution in [0.4, 0.5) is 4.39 Å². The molecule has 4 heteroatoms. The van der Waals surface area contributed by atoms with Crippen molar-refractivity contribution >= 4 is 17.7 Å². The lowest BCUT2D eigenvalue weighted by molar-refractivity contribution is 0.584. The van der Waals surface area contributed by atoms with Gasteiger partial charge in [0, 0.05) is 12.7 Å². The molecule has 2 nitrogen and oxygen atoms in total. The molecule has 1 heterocycles. The van der Waals surface area contributed by atoms with E-state index in [0.717, 1.165) is 5.56 Å². The van der Waals surface area contributed by atoms with Gasteiger partial charge in [0.15, 0.2) is 0 Å². The van der Waals surface area contributed by atoms with Crippen LogP contribution in [0.25, 0.3) is 6.08 Å². The van der Waals surface area contributed by atoms with Crippen molar-refractivity contribution in [3.8, 4) is 0 Å². The number of halogens is 2. The van der Waals surface area contributed by atoms with Gasteiger partial charge in [0.25, 0.3) is 0 Å². The zero-order chi connectivity index (χ0) is 8.97. The predicted octanol–water partition coefficient (Wildman–Crippen LogP) is 1.85. The summed E-state index contributed by atoms with van der Waals surface area (Å²) in [4.78, 5) is 3.44. The Balaban J connectivity index is 2.89. The van der Waals surface area contributed by atoms with Gasteiger partial charge in [0.1, 0.15) is 0 Å². The van der Waals surface area contributed by atoms with Gasteiger partial charge in [-0.1, -0.05) is 23.8 Å². The van der Waals surface area contributed by atoms with E-state index in [2.05, 4.69) is 4.98 Å². The van der Waals surface area contributed by atoms with E-state index in [1.807, 2.05) is 0 Å². The third-order valence-corrected chi connectivity index (χ3v) is 1.53. The topological polar surface area (TPSA) is 38.9 Å². The Hall–Kier alpha value is -0.930. The van der Waals surface area contributed by atoms with Crippen LogP contribution in [0.2, 0.25) is 5.02 Å². The molecule has 2 N–H and O–H groups in total. The Morgan fingerprint density at radius 2 is 2.42 bits per heavy atom. The molecule has 12 heavy (non-hydrogen) atoms. The lowest BCUT2D eigenvalue weighted by atomic mass is 10.2. The second-order valence-electron chi connectivity index (χ2n) is 2.18. The van der Waals surface area contributed by atoms with Gasteiger partial charge in [0.05, 0.1) is 5.02 Å². The molecule has 0 unspecified atom stereocenters. The molecule has 0 bridgehead atoms. The molecule has 0 radical (unpaired) electrons. The van der Waals surface area contributed by atoms with Gasteiger partial charge < -0.3 is 5.73 Å². The maximum atomic E-state index is 12.5. The minimum Gasteiger partial charge on any atom is -0.327 e. The SMILES string of the molecule is NCC=Cc1cnc(F)c(Cl)c1. The van der Waals surface area contributed by atoms with E-state index in [1.165, 1.54) is 12.3 Å². The average Bonchev–Trinajstić information content (AvgIpc) is 2.07. The molecule has 1 aromatic rings. The molecule has 0 aliphatic heterocycles. The molecular weight excluding hydrogens is 179 g/mol. The molecule has 0 saturated carbocycles. The van der Waals surface area contributed by atoms with Gasteiger partial charge in [-0.2, -0.15) is 4.39 Å². The molecule has 64 valence electrons. The lowest BCUT2D eigenvalue weighted by Gasteiger charge is -1.94. The van der Waals surface area contributed by atoms with Crippen LogP contribution in [0.5, 0.6) is 0 Å². The highest BCUT2D eigenvalue weighted by Gasteiger charge is 1.98. The molecule has 1 rings (SSSR count). The van der Waals surface area contributed by atoms with Crippen LogP contribution in [-0.2, 0) is 0 Å². The Morgan fingerprint density at radius 1 is 1.67 bits per heavy atom. The first-order chi connectivity index (χ1) is 5.74. The van der Waals surface area contributed by atoms with Crippen LogP contribution < -0.4 is 5.73 Å². The van der Waals surface area contributed by atoms with Crippen LogP contribution >= 0.6 is 11.6 Å². The molecule has 0 atom stereocenters. The van der Waals surface area contributed by atoms with Crippen molar-refractivity contribution in [2.45, 2.75) is 0 Å². The smallest absolute Gasteiger partial charge is 0.231 e. The lowest BCUT2D eigenvalue weighted by Crippen LogP contribution is -1.92. The van der Waals surface area contributed by atoms with Crippen molar-refractivity contribution in [1.82, 2.24) is 4.98 Å². The van der Waals surface area contributed by atoms with Gasteiger partial charge in [0.2, 0.25) is 5.95 Å². The van der Waals surface area contributed by atoms with E-state index in [4.69, 9.17) is 17.3 Å². The number of aromatic nitrogens is 1. The van der Waals surface area contributed by atoms with Crippen LogP contribution in [0, 0.1) is 5.95 Å². The highest BCUT2D eigenvalue weighted by Crippen LogP contribution is 2.13. The zero-order valence-electron chi connectivity index (χ0n) is 6.30. The first-order valence-electron chi connectivity index (χ1n) is 3.41. The molecular formula is C8H8ClFN2. The summed E-state index contributed by atoms with van der Waals surface area (Å²) in [7, 11) is 0. The summed E-state index contributed by atoms with van der Waals surface area (Å²) < 4.78 is 12.5. The van der Waals surface area contributed by atoms with E-state index in [9.17, 15) is 4.39 Å². The van der Waals surface area contributed by atoms with Crippen molar-refractivity contribution in [1.29, 1.82) is 0 Å². The Morgan fingerprint density at radius 3 is 3.00 bits per heavy atom. The fraction of sp³-hybridized carbons (Fsp3) is 0.125. The van der Waals surface area contributed by atoms with Crippen molar-refractivity contribution in [2.24, 2.45) is 5.73 Å².